The molecule has 192 valence electrons. The van der Waals surface area contributed by atoms with Gasteiger partial charge in [-0.05, 0) is 25.1 Å². The molecule has 2 heterocycles. The van der Waals surface area contributed by atoms with Crippen molar-refractivity contribution >= 4 is 32.4 Å². The van der Waals surface area contributed by atoms with E-state index in [4.69, 9.17) is 4.74 Å². The first kappa shape index (κ1) is 25.9. The monoisotopic (exact) mass is 540 g/mol. The van der Waals surface area contributed by atoms with Crippen LogP contribution in [0.2, 0.25) is 0 Å². The van der Waals surface area contributed by atoms with Crippen molar-refractivity contribution in [1.29, 1.82) is 0 Å². The molecule has 1 aliphatic heterocycles. The molecule has 3 aromatic rings. The smallest absolute Gasteiger partial charge is 0.425 e. The van der Waals surface area contributed by atoms with Crippen molar-refractivity contribution in [3.05, 3.63) is 54.1 Å². The van der Waals surface area contributed by atoms with Crippen LogP contribution in [0.4, 0.5) is 18.3 Å². The molecule has 0 aliphatic carbocycles. The van der Waals surface area contributed by atoms with Crippen LogP contribution in [0.5, 0.6) is 5.75 Å². The lowest BCUT2D eigenvalue weighted by atomic mass is 10.1. The zero-order valence-corrected chi connectivity index (χ0v) is 21.0. The van der Waals surface area contributed by atoms with E-state index in [1.165, 1.54) is 16.4 Å². The van der Waals surface area contributed by atoms with E-state index in [-0.39, 0.29) is 29.3 Å². The maximum Gasteiger partial charge on any atom is 0.425 e. The Labute approximate surface area is 210 Å². The largest absolute Gasteiger partial charge is 0.480 e. The molecule has 13 heteroatoms. The summed E-state index contributed by atoms with van der Waals surface area (Å²) in [5.41, 5.74) is 0.657. The molecule has 2 aromatic carbocycles. The number of hydrogen-bond donors (Lipinski definition) is 0. The molecule has 1 aliphatic rings. The molecule has 8 nitrogen and oxygen atoms in total. The zero-order chi connectivity index (χ0) is 26.1. The molecule has 0 bridgehead atoms. The zero-order valence-electron chi connectivity index (χ0n) is 19.4. The molecule has 0 saturated carbocycles. The first-order valence-electron chi connectivity index (χ1n) is 10.9. The van der Waals surface area contributed by atoms with Crippen LogP contribution in [-0.4, -0.2) is 73.3 Å². The number of benzene rings is 2. The van der Waals surface area contributed by atoms with Crippen molar-refractivity contribution in [2.24, 2.45) is 0 Å². The molecule has 1 saturated heterocycles. The fourth-order valence-electron chi connectivity index (χ4n) is 3.59. The molecular weight excluding hydrogens is 517 g/mol. The summed E-state index contributed by atoms with van der Waals surface area (Å²) >= 11 is 1.24. The number of carbonyl (C=O) groups is 1. The molecule has 4 rings (SSSR count). The minimum Gasteiger partial charge on any atom is -0.480 e. The first-order valence-corrected chi connectivity index (χ1v) is 13.6. The number of alkyl halides is 3. The lowest BCUT2D eigenvalue weighted by Gasteiger charge is -2.34. The second kappa shape index (κ2) is 10.1. The molecule has 0 unspecified atom stereocenters. The minimum atomic E-state index is -4.65. The van der Waals surface area contributed by atoms with Gasteiger partial charge < -0.3 is 14.5 Å². The summed E-state index contributed by atoms with van der Waals surface area (Å²) in [5.74, 6) is -0.324. The number of carbonyl (C=O) groups excluding carboxylic acids is 1. The van der Waals surface area contributed by atoms with E-state index >= 15 is 0 Å². The third kappa shape index (κ3) is 5.78. The molecule has 36 heavy (non-hydrogen) atoms. The number of hydrogen-bond acceptors (Lipinski definition) is 8. The number of amides is 1. The van der Waals surface area contributed by atoms with Crippen LogP contribution < -0.4 is 9.64 Å². The van der Waals surface area contributed by atoms with Gasteiger partial charge in [-0.3, -0.25) is 4.79 Å². The Bertz CT molecular complexity index is 1340. The Morgan fingerprint density at radius 1 is 1.08 bits per heavy atom. The summed E-state index contributed by atoms with van der Waals surface area (Å²) in [6, 6.07) is 12.8. The number of sulfone groups is 1. The number of halogens is 3. The van der Waals surface area contributed by atoms with Crippen molar-refractivity contribution < 1.29 is 31.1 Å². The third-order valence-corrected chi connectivity index (χ3v) is 7.55. The van der Waals surface area contributed by atoms with E-state index in [0.717, 1.165) is 36.9 Å². The third-order valence-electron chi connectivity index (χ3n) is 5.66. The summed E-state index contributed by atoms with van der Waals surface area (Å²) in [6.07, 6.45) is -5.87. The number of anilines is 1. The van der Waals surface area contributed by atoms with Gasteiger partial charge in [0, 0.05) is 49.5 Å². The molecule has 1 aromatic heterocycles. The minimum absolute atomic E-state index is 0.182. The first-order chi connectivity index (χ1) is 16.9. The van der Waals surface area contributed by atoms with E-state index in [2.05, 4.69) is 9.36 Å². The highest BCUT2D eigenvalue weighted by atomic mass is 32.2. The van der Waals surface area contributed by atoms with Crippen LogP contribution in [-0.2, 0) is 9.84 Å². The Kier molecular flexibility index (Phi) is 7.23. The van der Waals surface area contributed by atoms with Gasteiger partial charge in [0.25, 0.3) is 5.91 Å². The summed E-state index contributed by atoms with van der Waals surface area (Å²) < 4.78 is 72.7. The second-order valence-electron chi connectivity index (χ2n) is 8.28. The highest BCUT2D eigenvalue weighted by Gasteiger charge is 2.39. The average Bonchev–Trinajstić information content (AvgIpc) is 3.34. The van der Waals surface area contributed by atoms with Crippen molar-refractivity contribution in [3.63, 3.8) is 0 Å². The van der Waals surface area contributed by atoms with Gasteiger partial charge in [-0.2, -0.15) is 22.5 Å². The Hall–Kier alpha value is -3.19. The van der Waals surface area contributed by atoms with Crippen LogP contribution in [0, 0.1) is 0 Å². The molecule has 0 radical (unpaired) electrons. The van der Waals surface area contributed by atoms with Crippen LogP contribution in [0.3, 0.4) is 0 Å². The number of ether oxygens (including phenoxy) is 1. The van der Waals surface area contributed by atoms with Crippen molar-refractivity contribution in [1.82, 2.24) is 14.3 Å². The number of aromatic nitrogens is 2. The lowest BCUT2D eigenvalue weighted by Crippen LogP contribution is -2.49. The van der Waals surface area contributed by atoms with E-state index in [1.807, 2.05) is 35.2 Å². The summed E-state index contributed by atoms with van der Waals surface area (Å²) in [4.78, 5) is 21.1. The molecule has 1 amide bonds. The topological polar surface area (TPSA) is 92.7 Å². The fourth-order valence-corrected chi connectivity index (χ4v) is 4.97. The maximum absolute atomic E-state index is 13.3. The van der Waals surface area contributed by atoms with Gasteiger partial charge in [-0.1, -0.05) is 30.3 Å². The highest BCUT2D eigenvalue weighted by Crippen LogP contribution is 2.31. The SMILES string of the molecule is C[C@H](Oc1ccc(S(C)(=O)=O)cc1C(=O)N1CCN(c2nc(-c3ccccc3)ns2)CC1)C(F)(F)F. The van der Waals surface area contributed by atoms with Crippen molar-refractivity contribution in [3.8, 4) is 17.1 Å². The summed E-state index contributed by atoms with van der Waals surface area (Å²) in [5, 5.41) is 0.697. The number of rotatable bonds is 6. The van der Waals surface area contributed by atoms with Gasteiger partial charge in [-0.15, -0.1) is 0 Å². The molecule has 1 atom stereocenters. The van der Waals surface area contributed by atoms with Crippen LogP contribution in [0.25, 0.3) is 11.4 Å². The molecule has 0 N–H and O–H groups in total. The Morgan fingerprint density at radius 2 is 1.75 bits per heavy atom. The predicted molar refractivity (Wildman–Crippen MR) is 129 cm³/mol. The van der Waals surface area contributed by atoms with Gasteiger partial charge >= 0.3 is 6.18 Å². The summed E-state index contributed by atoms with van der Waals surface area (Å²) in [7, 11) is -3.70. The maximum atomic E-state index is 13.3. The highest BCUT2D eigenvalue weighted by molar-refractivity contribution is 7.90. The van der Waals surface area contributed by atoms with Crippen molar-refractivity contribution in [2.75, 3.05) is 37.3 Å². The number of nitrogens with zero attached hydrogens (tertiary/aromatic N) is 4. The fraction of sp³-hybridized carbons (Fsp3) is 0.348. The number of piperazine rings is 1. The van der Waals surface area contributed by atoms with Gasteiger partial charge in [0.15, 0.2) is 21.8 Å². The molecule has 0 spiro atoms. The van der Waals surface area contributed by atoms with Crippen LogP contribution in [0.15, 0.2) is 53.4 Å². The average molecular weight is 541 g/mol. The standard InChI is InChI=1S/C23H23F3N4O4S2/c1-15(23(24,25)26)34-19-9-8-17(36(2,32)33)14-18(19)21(31)29-10-12-30(13-11-29)22-27-20(28-35-22)16-6-4-3-5-7-16/h3-9,14-15H,10-13H2,1-2H3/t15-/m0/s1. The quantitative estimate of drug-likeness (QED) is 0.468. The normalized spacial score (nSPS) is 15.6. The lowest BCUT2D eigenvalue weighted by molar-refractivity contribution is -0.189. The second-order valence-corrected chi connectivity index (χ2v) is 11.0. The van der Waals surface area contributed by atoms with E-state index in [1.54, 1.807) is 0 Å². The van der Waals surface area contributed by atoms with E-state index in [9.17, 15) is 26.4 Å². The Morgan fingerprint density at radius 3 is 2.36 bits per heavy atom. The van der Waals surface area contributed by atoms with E-state index < -0.39 is 28.0 Å². The van der Waals surface area contributed by atoms with Crippen molar-refractivity contribution in [2.45, 2.75) is 24.1 Å². The van der Waals surface area contributed by atoms with Crippen LogP contribution in [0.1, 0.15) is 17.3 Å². The van der Waals surface area contributed by atoms with Gasteiger partial charge in [0.1, 0.15) is 5.75 Å². The van der Waals surface area contributed by atoms with Gasteiger partial charge in [0.05, 0.1) is 10.5 Å². The van der Waals surface area contributed by atoms with Crippen LogP contribution >= 0.6 is 11.5 Å². The Balaban J connectivity index is 1.51. The molecular formula is C23H23F3N4O4S2. The summed E-state index contributed by atoms with van der Waals surface area (Å²) in [6.45, 7) is 2.20. The predicted octanol–water partition coefficient (Wildman–Crippen LogP) is 3.90. The van der Waals surface area contributed by atoms with Gasteiger partial charge in [-0.25, -0.2) is 8.42 Å². The van der Waals surface area contributed by atoms with E-state index in [0.29, 0.717) is 24.0 Å². The molecule has 1 fully saturated rings. The van der Waals surface area contributed by atoms with Gasteiger partial charge in [0.2, 0.25) is 5.13 Å².